The van der Waals surface area contributed by atoms with Crippen molar-refractivity contribution in [3.05, 3.63) is 0 Å². The Labute approximate surface area is 90.9 Å². The first-order chi connectivity index (χ1) is 7.06. The predicted octanol–water partition coefficient (Wildman–Crippen LogP) is 0.115. The molecule has 88 valence electrons. The SMILES string of the molecule is CON(C)C(=O)C1CN(C(C)C)CCO1. The number of hydroxylamine groups is 2. The predicted molar refractivity (Wildman–Crippen MR) is 56.2 cm³/mol. The summed E-state index contributed by atoms with van der Waals surface area (Å²) in [5, 5.41) is 1.22. The fourth-order valence-electron chi connectivity index (χ4n) is 1.58. The number of nitrogens with zero attached hydrogens (tertiary/aromatic N) is 2. The third-order valence-electron chi connectivity index (χ3n) is 2.69. The Hall–Kier alpha value is -0.650. The Morgan fingerprint density at radius 3 is 2.80 bits per heavy atom. The molecule has 1 unspecified atom stereocenters. The second-order valence-corrected chi connectivity index (χ2v) is 3.97. The van der Waals surface area contributed by atoms with Crippen LogP contribution in [0, 0.1) is 0 Å². The molecular formula is C10H20N2O3. The van der Waals surface area contributed by atoms with Gasteiger partial charge in [-0.1, -0.05) is 0 Å². The summed E-state index contributed by atoms with van der Waals surface area (Å²) in [5.74, 6) is -0.122. The van der Waals surface area contributed by atoms with Crippen LogP contribution >= 0.6 is 0 Å². The van der Waals surface area contributed by atoms with Crippen LogP contribution in [0.5, 0.6) is 0 Å². The van der Waals surface area contributed by atoms with Crippen molar-refractivity contribution in [1.82, 2.24) is 9.96 Å². The van der Waals surface area contributed by atoms with Crippen LogP contribution in [0.25, 0.3) is 0 Å². The highest BCUT2D eigenvalue weighted by Gasteiger charge is 2.29. The summed E-state index contributed by atoms with van der Waals surface area (Å²) < 4.78 is 5.43. The second kappa shape index (κ2) is 5.44. The molecule has 0 aliphatic carbocycles. The number of hydrogen-bond acceptors (Lipinski definition) is 4. The van der Waals surface area contributed by atoms with Gasteiger partial charge >= 0.3 is 0 Å². The molecule has 0 radical (unpaired) electrons. The molecule has 1 aliphatic heterocycles. The van der Waals surface area contributed by atoms with Crippen molar-refractivity contribution < 1.29 is 14.4 Å². The number of hydrogen-bond donors (Lipinski definition) is 0. The number of morpholine rings is 1. The maximum absolute atomic E-state index is 11.7. The van der Waals surface area contributed by atoms with Crippen LogP contribution in [0.15, 0.2) is 0 Å². The van der Waals surface area contributed by atoms with E-state index in [0.717, 1.165) is 6.54 Å². The number of carbonyl (C=O) groups excluding carboxylic acids is 1. The van der Waals surface area contributed by atoms with E-state index in [4.69, 9.17) is 9.57 Å². The van der Waals surface area contributed by atoms with Gasteiger partial charge in [0, 0.05) is 26.2 Å². The molecule has 1 amide bonds. The normalized spacial score (nSPS) is 23.1. The molecule has 1 atom stereocenters. The van der Waals surface area contributed by atoms with Crippen molar-refractivity contribution >= 4 is 5.91 Å². The van der Waals surface area contributed by atoms with E-state index < -0.39 is 6.10 Å². The number of rotatable bonds is 3. The summed E-state index contributed by atoms with van der Waals surface area (Å²) in [4.78, 5) is 18.8. The maximum Gasteiger partial charge on any atom is 0.276 e. The molecule has 1 heterocycles. The van der Waals surface area contributed by atoms with Crippen LogP contribution in [0.3, 0.4) is 0 Å². The standard InChI is InChI=1S/C10H20N2O3/c1-8(2)12-5-6-15-9(7-12)10(13)11(3)14-4/h8-9H,5-7H2,1-4H3. The Kier molecular flexibility index (Phi) is 4.50. The minimum Gasteiger partial charge on any atom is -0.366 e. The van der Waals surface area contributed by atoms with Crippen LogP contribution in [0.4, 0.5) is 0 Å². The van der Waals surface area contributed by atoms with E-state index in [1.807, 2.05) is 0 Å². The molecule has 0 aromatic rings. The first-order valence-electron chi connectivity index (χ1n) is 5.23. The highest BCUT2D eigenvalue weighted by molar-refractivity contribution is 5.80. The molecule has 0 aromatic heterocycles. The number of likely N-dealkylation sites (N-methyl/N-ethyl adjacent to an activating group) is 1. The average molecular weight is 216 g/mol. The number of ether oxygens (including phenoxy) is 1. The maximum atomic E-state index is 11.7. The summed E-state index contributed by atoms with van der Waals surface area (Å²) in [5.41, 5.74) is 0. The molecule has 0 saturated carbocycles. The van der Waals surface area contributed by atoms with Gasteiger partial charge in [0.1, 0.15) is 0 Å². The van der Waals surface area contributed by atoms with Gasteiger partial charge in [0.05, 0.1) is 13.7 Å². The van der Waals surface area contributed by atoms with Crippen molar-refractivity contribution in [2.45, 2.75) is 26.0 Å². The second-order valence-electron chi connectivity index (χ2n) is 3.97. The monoisotopic (exact) mass is 216 g/mol. The first kappa shape index (κ1) is 12.4. The highest BCUT2D eigenvalue weighted by atomic mass is 16.7. The lowest BCUT2D eigenvalue weighted by Crippen LogP contribution is -2.51. The largest absolute Gasteiger partial charge is 0.366 e. The van der Waals surface area contributed by atoms with Gasteiger partial charge in [-0.25, -0.2) is 5.06 Å². The molecule has 0 spiro atoms. The average Bonchev–Trinajstić information content (AvgIpc) is 2.27. The van der Waals surface area contributed by atoms with Crippen molar-refractivity contribution in [2.24, 2.45) is 0 Å². The van der Waals surface area contributed by atoms with Crippen LogP contribution < -0.4 is 0 Å². The number of amides is 1. The third-order valence-corrected chi connectivity index (χ3v) is 2.69. The molecule has 1 aliphatic rings. The summed E-state index contributed by atoms with van der Waals surface area (Å²) in [6, 6.07) is 0.442. The van der Waals surface area contributed by atoms with E-state index in [0.29, 0.717) is 19.2 Å². The molecule has 5 nitrogen and oxygen atoms in total. The van der Waals surface area contributed by atoms with Gasteiger partial charge in [-0.05, 0) is 13.8 Å². The zero-order valence-electron chi connectivity index (χ0n) is 9.90. The zero-order valence-corrected chi connectivity index (χ0v) is 9.90. The Balaban J connectivity index is 2.52. The van der Waals surface area contributed by atoms with Crippen molar-refractivity contribution in [3.63, 3.8) is 0 Å². The Morgan fingerprint density at radius 1 is 1.60 bits per heavy atom. The molecule has 1 saturated heterocycles. The van der Waals surface area contributed by atoms with Crippen LogP contribution in [-0.2, 0) is 14.4 Å². The van der Waals surface area contributed by atoms with Crippen LogP contribution in [-0.4, -0.2) is 61.9 Å². The van der Waals surface area contributed by atoms with E-state index in [1.165, 1.54) is 12.2 Å². The fraction of sp³-hybridized carbons (Fsp3) is 0.900. The summed E-state index contributed by atoms with van der Waals surface area (Å²) in [6.45, 7) is 6.37. The van der Waals surface area contributed by atoms with E-state index in [9.17, 15) is 4.79 Å². The third kappa shape index (κ3) is 3.15. The molecular weight excluding hydrogens is 196 g/mol. The highest BCUT2D eigenvalue weighted by Crippen LogP contribution is 2.10. The molecule has 0 N–H and O–H groups in total. The summed E-state index contributed by atoms with van der Waals surface area (Å²) >= 11 is 0. The Bertz CT molecular complexity index is 221. The van der Waals surface area contributed by atoms with Crippen molar-refractivity contribution in [2.75, 3.05) is 33.9 Å². The molecule has 1 fully saturated rings. The van der Waals surface area contributed by atoms with Crippen LogP contribution in [0.1, 0.15) is 13.8 Å². The first-order valence-corrected chi connectivity index (χ1v) is 5.23. The van der Waals surface area contributed by atoms with Gasteiger partial charge in [-0.15, -0.1) is 0 Å². The molecule has 1 rings (SSSR count). The van der Waals surface area contributed by atoms with E-state index >= 15 is 0 Å². The van der Waals surface area contributed by atoms with Gasteiger partial charge < -0.3 is 4.74 Å². The van der Waals surface area contributed by atoms with E-state index in [2.05, 4.69) is 18.7 Å². The molecule has 0 aromatic carbocycles. The van der Waals surface area contributed by atoms with Gasteiger partial charge in [0.25, 0.3) is 5.91 Å². The minimum atomic E-state index is -0.397. The lowest BCUT2D eigenvalue weighted by molar-refractivity contribution is -0.185. The quantitative estimate of drug-likeness (QED) is 0.628. The van der Waals surface area contributed by atoms with E-state index in [1.54, 1.807) is 7.05 Å². The van der Waals surface area contributed by atoms with Crippen molar-refractivity contribution in [3.8, 4) is 0 Å². The zero-order chi connectivity index (χ0) is 11.4. The van der Waals surface area contributed by atoms with Gasteiger partial charge in [-0.3, -0.25) is 14.5 Å². The van der Waals surface area contributed by atoms with Gasteiger partial charge in [-0.2, -0.15) is 0 Å². The van der Waals surface area contributed by atoms with Crippen LogP contribution in [0.2, 0.25) is 0 Å². The number of carbonyl (C=O) groups is 1. The van der Waals surface area contributed by atoms with Crippen molar-refractivity contribution in [1.29, 1.82) is 0 Å². The smallest absolute Gasteiger partial charge is 0.276 e. The topological polar surface area (TPSA) is 42.0 Å². The molecule has 5 heteroatoms. The molecule has 15 heavy (non-hydrogen) atoms. The lowest BCUT2D eigenvalue weighted by Gasteiger charge is -2.35. The fourth-order valence-corrected chi connectivity index (χ4v) is 1.58. The summed E-state index contributed by atoms with van der Waals surface area (Å²) in [6.07, 6.45) is -0.397. The summed E-state index contributed by atoms with van der Waals surface area (Å²) in [7, 11) is 3.07. The van der Waals surface area contributed by atoms with Gasteiger partial charge in [0.15, 0.2) is 6.10 Å². The molecule has 0 bridgehead atoms. The minimum absolute atomic E-state index is 0.122. The Morgan fingerprint density at radius 2 is 2.27 bits per heavy atom. The lowest BCUT2D eigenvalue weighted by atomic mass is 10.2. The van der Waals surface area contributed by atoms with E-state index in [-0.39, 0.29) is 5.91 Å². The van der Waals surface area contributed by atoms with Gasteiger partial charge in [0.2, 0.25) is 0 Å².